The Balaban J connectivity index is 1.40. The number of aromatic nitrogens is 3. The van der Waals surface area contributed by atoms with E-state index in [2.05, 4.69) is 15.2 Å². The molecule has 6 rings (SSSR count). The second-order valence-corrected chi connectivity index (χ2v) is 9.96. The molecule has 0 aliphatic carbocycles. The van der Waals surface area contributed by atoms with Crippen LogP contribution in [-0.4, -0.2) is 51.5 Å². The van der Waals surface area contributed by atoms with Gasteiger partial charge in [-0.15, -0.1) is 21.5 Å². The number of benzene rings is 3. The van der Waals surface area contributed by atoms with Crippen molar-refractivity contribution >= 4 is 51.2 Å². The summed E-state index contributed by atoms with van der Waals surface area (Å²) in [5.74, 6) is -0.524. The number of amides is 1. The number of carbonyl (C=O) groups is 2. The number of ether oxygens (including phenoxy) is 1. The van der Waals surface area contributed by atoms with Gasteiger partial charge in [-0.1, -0.05) is 36.4 Å². The van der Waals surface area contributed by atoms with Crippen molar-refractivity contribution in [2.24, 2.45) is 4.99 Å². The fourth-order valence-electron chi connectivity index (χ4n) is 4.87. The van der Waals surface area contributed by atoms with Gasteiger partial charge in [-0.3, -0.25) is 4.79 Å². The van der Waals surface area contributed by atoms with E-state index in [4.69, 9.17) is 9.73 Å². The van der Waals surface area contributed by atoms with E-state index in [1.54, 1.807) is 28.6 Å². The van der Waals surface area contributed by atoms with Crippen molar-refractivity contribution < 1.29 is 19.4 Å². The normalized spacial score (nSPS) is 13.1. The number of nitrogens with zero attached hydrogens (tertiary/aromatic N) is 4. The largest absolute Gasteiger partial charge is 0.494 e. The van der Waals surface area contributed by atoms with Crippen molar-refractivity contribution in [1.82, 2.24) is 15.2 Å². The predicted molar refractivity (Wildman–Crippen MR) is 149 cm³/mol. The van der Waals surface area contributed by atoms with Crippen LogP contribution in [0.2, 0.25) is 0 Å². The zero-order valence-corrected chi connectivity index (χ0v) is 21.7. The molecular weight excluding hydrogens is 514 g/mol. The van der Waals surface area contributed by atoms with Crippen molar-refractivity contribution in [1.29, 1.82) is 0 Å². The lowest BCUT2D eigenvalue weighted by molar-refractivity contribution is -0.117. The van der Waals surface area contributed by atoms with Crippen LogP contribution >= 0.6 is 11.3 Å². The Morgan fingerprint density at radius 3 is 2.72 bits per heavy atom. The standard InChI is InChI=1S/C29H23N5O4S/c1-38-29(37)19-7-9-21-22(14-19)32-28(36)26(21)27(17-5-3-2-4-6-17)31-20-8-10-23-18(13-20)11-12-34(23)25(35)15-24-33-30-16-39-24/h2-10,13-14,16,32,36H,11-12,15H2,1H3. The number of esters is 1. The van der Waals surface area contributed by atoms with Gasteiger partial charge in [-0.05, 0) is 42.3 Å². The average molecular weight is 538 g/mol. The van der Waals surface area contributed by atoms with Gasteiger partial charge in [0.1, 0.15) is 10.5 Å². The number of aromatic hydroxyl groups is 1. The second-order valence-electron chi connectivity index (χ2n) is 9.04. The first-order valence-electron chi connectivity index (χ1n) is 12.3. The maximum atomic E-state index is 12.9. The topological polar surface area (TPSA) is 121 Å². The van der Waals surface area contributed by atoms with Crippen molar-refractivity contribution in [3.8, 4) is 5.88 Å². The van der Waals surface area contributed by atoms with Gasteiger partial charge in [-0.25, -0.2) is 9.79 Å². The number of rotatable bonds is 6. The van der Waals surface area contributed by atoms with Gasteiger partial charge in [0.2, 0.25) is 5.91 Å². The molecule has 10 heteroatoms. The van der Waals surface area contributed by atoms with Gasteiger partial charge in [0.25, 0.3) is 0 Å². The number of methoxy groups -OCH3 is 1. The first-order valence-corrected chi connectivity index (χ1v) is 13.2. The highest BCUT2D eigenvalue weighted by Gasteiger charge is 2.26. The molecule has 0 bridgehead atoms. The maximum absolute atomic E-state index is 12.9. The number of fused-ring (bicyclic) bond motifs is 2. The predicted octanol–water partition coefficient (Wildman–Crippen LogP) is 4.81. The van der Waals surface area contributed by atoms with E-state index in [1.807, 2.05) is 48.5 Å². The summed E-state index contributed by atoms with van der Waals surface area (Å²) >= 11 is 1.37. The quantitative estimate of drug-likeness (QED) is 0.237. The molecular formula is C29H23N5O4S. The number of aromatic amines is 1. The first kappa shape index (κ1) is 24.5. The van der Waals surface area contributed by atoms with Crippen LogP contribution < -0.4 is 4.90 Å². The van der Waals surface area contributed by atoms with Gasteiger partial charge in [0.15, 0.2) is 5.88 Å². The van der Waals surface area contributed by atoms with Crippen LogP contribution in [0.3, 0.4) is 0 Å². The number of H-pyrrole nitrogens is 1. The molecule has 0 fully saturated rings. The number of hydrogen-bond acceptors (Lipinski definition) is 8. The van der Waals surface area contributed by atoms with Gasteiger partial charge in [0.05, 0.1) is 36.1 Å². The summed E-state index contributed by atoms with van der Waals surface area (Å²) in [6.07, 6.45) is 0.940. The number of anilines is 1. The Kier molecular flexibility index (Phi) is 6.37. The number of hydrogen-bond donors (Lipinski definition) is 2. The molecule has 0 saturated carbocycles. The third-order valence-corrected chi connectivity index (χ3v) is 7.39. The third kappa shape index (κ3) is 4.66. The van der Waals surface area contributed by atoms with E-state index in [0.29, 0.717) is 39.6 Å². The van der Waals surface area contributed by atoms with E-state index in [0.717, 1.165) is 28.6 Å². The van der Waals surface area contributed by atoms with Gasteiger partial charge in [-0.2, -0.15) is 0 Å². The molecule has 39 heavy (non-hydrogen) atoms. The summed E-state index contributed by atoms with van der Waals surface area (Å²) in [4.78, 5) is 34.7. The van der Waals surface area contributed by atoms with Crippen LogP contribution in [0.15, 0.2) is 77.2 Å². The van der Waals surface area contributed by atoms with E-state index >= 15 is 0 Å². The lowest BCUT2D eigenvalue weighted by Crippen LogP contribution is -2.30. The van der Waals surface area contributed by atoms with E-state index < -0.39 is 5.97 Å². The zero-order valence-electron chi connectivity index (χ0n) is 20.9. The molecule has 9 nitrogen and oxygen atoms in total. The van der Waals surface area contributed by atoms with Crippen molar-refractivity contribution in [3.63, 3.8) is 0 Å². The minimum absolute atomic E-state index is 0.0123. The minimum atomic E-state index is -0.460. The molecule has 3 heterocycles. The van der Waals surface area contributed by atoms with Crippen LogP contribution in [0.4, 0.5) is 11.4 Å². The molecule has 3 aromatic carbocycles. The SMILES string of the molecule is COC(=O)c1ccc2c(C(=Nc3ccc4c(c3)CCN4C(=O)Cc3nncs3)c3ccccc3)c(O)[nH]c2c1. The molecule has 194 valence electrons. The first-order chi connectivity index (χ1) is 19.0. The minimum Gasteiger partial charge on any atom is -0.494 e. The summed E-state index contributed by atoms with van der Waals surface area (Å²) < 4.78 is 4.83. The Labute approximate surface area is 227 Å². The molecule has 0 unspecified atom stereocenters. The molecule has 2 N–H and O–H groups in total. The second kappa shape index (κ2) is 10.1. The number of aliphatic imine (C=N–C) groups is 1. The van der Waals surface area contributed by atoms with E-state index in [9.17, 15) is 14.7 Å². The molecule has 0 radical (unpaired) electrons. The molecule has 2 aromatic heterocycles. The number of carbonyl (C=O) groups excluding carboxylic acids is 2. The summed E-state index contributed by atoms with van der Waals surface area (Å²) in [5, 5.41) is 20.2. The highest BCUT2D eigenvalue weighted by molar-refractivity contribution is 7.09. The van der Waals surface area contributed by atoms with Crippen LogP contribution in [0.5, 0.6) is 5.88 Å². The molecule has 5 aromatic rings. The lowest BCUT2D eigenvalue weighted by atomic mass is 10.00. The van der Waals surface area contributed by atoms with Crippen LogP contribution in [0, 0.1) is 0 Å². The molecule has 0 saturated heterocycles. The zero-order chi connectivity index (χ0) is 26.9. The van der Waals surface area contributed by atoms with Gasteiger partial charge >= 0.3 is 5.97 Å². The number of nitrogens with one attached hydrogen (secondary N) is 1. The summed E-state index contributed by atoms with van der Waals surface area (Å²) in [5.41, 5.74) is 7.11. The average Bonchev–Trinajstić information content (AvgIpc) is 3.69. The van der Waals surface area contributed by atoms with Crippen LogP contribution in [0.25, 0.3) is 10.9 Å². The van der Waals surface area contributed by atoms with Crippen LogP contribution in [0.1, 0.15) is 32.1 Å². The molecule has 1 aliphatic heterocycles. The van der Waals surface area contributed by atoms with Gasteiger partial charge < -0.3 is 19.7 Å². The van der Waals surface area contributed by atoms with Crippen molar-refractivity contribution in [2.45, 2.75) is 12.8 Å². The smallest absolute Gasteiger partial charge is 0.337 e. The lowest BCUT2D eigenvalue weighted by Gasteiger charge is -2.16. The van der Waals surface area contributed by atoms with E-state index in [-0.39, 0.29) is 18.2 Å². The summed E-state index contributed by atoms with van der Waals surface area (Å²) in [7, 11) is 1.33. The fraction of sp³-hybridized carbons (Fsp3) is 0.138. The Hall–Kier alpha value is -4.83. The van der Waals surface area contributed by atoms with Crippen molar-refractivity contribution in [2.75, 3.05) is 18.6 Å². The molecule has 0 atom stereocenters. The molecule has 1 aliphatic rings. The van der Waals surface area contributed by atoms with E-state index in [1.165, 1.54) is 18.4 Å². The Morgan fingerprint density at radius 1 is 1.10 bits per heavy atom. The monoisotopic (exact) mass is 537 g/mol. The third-order valence-electron chi connectivity index (χ3n) is 6.69. The van der Waals surface area contributed by atoms with Crippen LogP contribution in [-0.2, 0) is 22.4 Å². The summed E-state index contributed by atoms with van der Waals surface area (Å²) in [6, 6.07) is 20.5. The maximum Gasteiger partial charge on any atom is 0.337 e. The molecule has 0 spiro atoms. The summed E-state index contributed by atoms with van der Waals surface area (Å²) in [6.45, 7) is 0.595. The molecule has 1 amide bonds. The Bertz CT molecular complexity index is 1730. The highest BCUT2D eigenvalue weighted by atomic mass is 32.1. The van der Waals surface area contributed by atoms with Gasteiger partial charge in [0, 0.05) is 28.7 Å². The fourth-order valence-corrected chi connectivity index (χ4v) is 5.39. The highest BCUT2D eigenvalue weighted by Crippen LogP contribution is 2.35. The van der Waals surface area contributed by atoms with Crippen molar-refractivity contribution in [3.05, 3.63) is 99.5 Å². The Morgan fingerprint density at radius 2 is 1.95 bits per heavy atom.